The van der Waals surface area contributed by atoms with Crippen molar-refractivity contribution in [3.05, 3.63) is 54.0 Å². The van der Waals surface area contributed by atoms with Gasteiger partial charge in [-0.3, -0.25) is 9.59 Å². The van der Waals surface area contributed by atoms with E-state index >= 15 is 0 Å². The van der Waals surface area contributed by atoms with Gasteiger partial charge in [-0.1, -0.05) is 0 Å². The van der Waals surface area contributed by atoms with Gasteiger partial charge in [0.25, 0.3) is 5.91 Å². The lowest BCUT2D eigenvalue weighted by molar-refractivity contribution is -0.127. The maximum absolute atomic E-state index is 12.7. The van der Waals surface area contributed by atoms with Crippen molar-refractivity contribution in [2.45, 2.75) is 6.92 Å². The zero-order valence-electron chi connectivity index (χ0n) is 16.3. The Morgan fingerprint density at radius 3 is 2.36 bits per heavy atom. The number of hydrogen-bond acceptors (Lipinski definition) is 5. The Kier molecular flexibility index (Phi) is 6.03. The molecule has 2 amide bonds. The zero-order chi connectivity index (χ0) is 20.1. The highest BCUT2D eigenvalue weighted by atomic mass is 16.5. The fourth-order valence-electron chi connectivity index (χ4n) is 3.16. The van der Waals surface area contributed by atoms with Gasteiger partial charge in [0.2, 0.25) is 5.91 Å². The second-order valence-corrected chi connectivity index (χ2v) is 6.49. The Bertz CT molecular complexity index is 865. The van der Waals surface area contributed by atoms with Crippen molar-refractivity contribution < 1.29 is 23.5 Å². The van der Waals surface area contributed by atoms with Crippen LogP contribution in [0.15, 0.2) is 47.1 Å². The van der Waals surface area contributed by atoms with E-state index in [2.05, 4.69) is 0 Å². The molecule has 1 aliphatic rings. The molecule has 2 aromatic rings. The molecule has 1 aliphatic heterocycles. The minimum absolute atomic E-state index is 0.0829. The molecule has 28 heavy (non-hydrogen) atoms. The predicted octanol–water partition coefficient (Wildman–Crippen LogP) is 2.68. The highest BCUT2D eigenvalue weighted by Crippen LogP contribution is 2.30. The van der Waals surface area contributed by atoms with E-state index in [4.69, 9.17) is 13.9 Å². The van der Waals surface area contributed by atoms with Crippen molar-refractivity contribution in [3.63, 3.8) is 0 Å². The lowest BCUT2D eigenvalue weighted by atomic mass is 10.1. The van der Waals surface area contributed by atoms with Crippen LogP contribution in [0.2, 0.25) is 0 Å². The van der Waals surface area contributed by atoms with Crippen LogP contribution in [0.25, 0.3) is 5.57 Å². The van der Waals surface area contributed by atoms with Crippen molar-refractivity contribution in [1.82, 2.24) is 9.80 Å². The molecule has 1 aromatic carbocycles. The number of nitrogens with zero attached hydrogens (tertiary/aromatic N) is 2. The molecule has 3 rings (SSSR count). The average molecular weight is 384 g/mol. The molecule has 7 heteroatoms. The summed E-state index contributed by atoms with van der Waals surface area (Å²) in [6, 6.07) is 8.83. The minimum atomic E-state index is -0.146. The van der Waals surface area contributed by atoms with Gasteiger partial charge < -0.3 is 23.7 Å². The Morgan fingerprint density at radius 2 is 1.75 bits per heavy atom. The number of furan rings is 1. The quantitative estimate of drug-likeness (QED) is 0.741. The molecule has 0 aliphatic carbocycles. The fraction of sp³-hybridized carbons (Fsp3) is 0.333. The Hall–Kier alpha value is -3.22. The van der Waals surface area contributed by atoms with E-state index in [9.17, 15) is 9.59 Å². The zero-order valence-corrected chi connectivity index (χ0v) is 16.3. The predicted molar refractivity (Wildman–Crippen MR) is 104 cm³/mol. The fourth-order valence-corrected chi connectivity index (χ4v) is 3.16. The number of carbonyl (C=O) groups excluding carboxylic acids is 2. The molecule has 1 fully saturated rings. The number of hydrogen-bond donors (Lipinski definition) is 0. The van der Waals surface area contributed by atoms with Crippen LogP contribution in [0.4, 0.5) is 0 Å². The van der Waals surface area contributed by atoms with Crippen molar-refractivity contribution in [2.75, 3.05) is 40.4 Å². The maximum atomic E-state index is 12.7. The first-order valence-corrected chi connectivity index (χ1v) is 9.06. The third-order valence-corrected chi connectivity index (χ3v) is 4.78. The molecule has 7 nitrogen and oxygen atoms in total. The second-order valence-electron chi connectivity index (χ2n) is 6.49. The Labute approximate surface area is 164 Å². The largest absolute Gasteiger partial charge is 0.497 e. The van der Waals surface area contributed by atoms with E-state index in [1.807, 2.05) is 19.1 Å². The summed E-state index contributed by atoms with van der Waals surface area (Å²) in [5, 5.41) is 0. The van der Waals surface area contributed by atoms with Crippen LogP contribution in [-0.2, 0) is 4.79 Å². The van der Waals surface area contributed by atoms with Gasteiger partial charge >= 0.3 is 0 Å². The molecule has 0 atom stereocenters. The summed E-state index contributed by atoms with van der Waals surface area (Å²) >= 11 is 0. The molecule has 148 valence electrons. The van der Waals surface area contributed by atoms with Crippen LogP contribution in [-0.4, -0.2) is 62.0 Å². The van der Waals surface area contributed by atoms with E-state index in [1.165, 1.54) is 6.26 Å². The van der Waals surface area contributed by atoms with E-state index in [0.717, 1.165) is 11.1 Å². The number of amides is 2. The third-order valence-electron chi connectivity index (χ3n) is 4.78. The molecular weight excluding hydrogens is 360 g/mol. The first-order valence-electron chi connectivity index (χ1n) is 9.06. The summed E-state index contributed by atoms with van der Waals surface area (Å²) in [5.41, 5.74) is 1.64. The lowest BCUT2D eigenvalue weighted by Crippen LogP contribution is -2.50. The van der Waals surface area contributed by atoms with Crippen LogP contribution in [0, 0.1) is 0 Å². The van der Waals surface area contributed by atoms with Gasteiger partial charge in [0.1, 0.15) is 11.5 Å². The molecule has 0 bridgehead atoms. The van der Waals surface area contributed by atoms with Crippen LogP contribution < -0.4 is 9.47 Å². The van der Waals surface area contributed by atoms with Gasteiger partial charge in [-0.15, -0.1) is 0 Å². The van der Waals surface area contributed by atoms with E-state index in [0.29, 0.717) is 43.4 Å². The van der Waals surface area contributed by atoms with Crippen molar-refractivity contribution in [2.24, 2.45) is 0 Å². The van der Waals surface area contributed by atoms with E-state index < -0.39 is 0 Å². The molecule has 0 unspecified atom stereocenters. The maximum Gasteiger partial charge on any atom is 0.289 e. The van der Waals surface area contributed by atoms with Gasteiger partial charge in [0, 0.05) is 43.9 Å². The standard InChI is InChI=1S/C21H24N2O5/c1-15(17-7-6-16(26-2)14-19(17)27-3)13-20(24)22-8-10-23(11-9-22)21(25)18-5-4-12-28-18/h4-7,12-14H,8-11H2,1-3H3/b15-13+. The van der Waals surface area contributed by atoms with Gasteiger partial charge in [0.05, 0.1) is 20.5 Å². The molecule has 0 saturated carbocycles. The van der Waals surface area contributed by atoms with Crippen molar-refractivity contribution in [1.29, 1.82) is 0 Å². The van der Waals surface area contributed by atoms with Crippen LogP contribution in [0.1, 0.15) is 23.0 Å². The van der Waals surface area contributed by atoms with Crippen LogP contribution in [0.5, 0.6) is 11.5 Å². The molecule has 1 aromatic heterocycles. The monoisotopic (exact) mass is 384 g/mol. The summed E-state index contributed by atoms with van der Waals surface area (Å²) in [6.07, 6.45) is 3.09. The summed E-state index contributed by atoms with van der Waals surface area (Å²) in [5.74, 6) is 1.43. The number of allylic oxidation sites excluding steroid dienone is 1. The summed E-state index contributed by atoms with van der Waals surface area (Å²) in [6.45, 7) is 3.79. The normalized spacial score (nSPS) is 14.8. The number of rotatable bonds is 5. The van der Waals surface area contributed by atoms with Gasteiger partial charge in [-0.05, 0) is 36.8 Å². The molecular formula is C21H24N2O5. The third kappa shape index (κ3) is 4.19. The molecule has 1 saturated heterocycles. The first kappa shape index (κ1) is 19.5. The van der Waals surface area contributed by atoms with E-state index in [-0.39, 0.29) is 11.8 Å². The Balaban J connectivity index is 1.64. The highest BCUT2D eigenvalue weighted by molar-refractivity contribution is 5.96. The first-order chi connectivity index (χ1) is 13.5. The second kappa shape index (κ2) is 8.65. The van der Waals surface area contributed by atoms with Crippen molar-refractivity contribution >= 4 is 17.4 Å². The van der Waals surface area contributed by atoms with Gasteiger partial charge in [0.15, 0.2) is 5.76 Å². The molecule has 0 radical (unpaired) electrons. The molecule has 0 spiro atoms. The minimum Gasteiger partial charge on any atom is -0.497 e. The van der Waals surface area contributed by atoms with Crippen LogP contribution >= 0.6 is 0 Å². The SMILES string of the molecule is COc1ccc(/C(C)=C/C(=O)N2CCN(C(=O)c3ccco3)CC2)c(OC)c1. The number of benzene rings is 1. The van der Waals surface area contributed by atoms with Crippen LogP contribution in [0.3, 0.4) is 0 Å². The van der Waals surface area contributed by atoms with E-state index in [1.54, 1.807) is 48.3 Å². The molecule has 0 N–H and O–H groups in total. The van der Waals surface area contributed by atoms with Gasteiger partial charge in [-0.2, -0.15) is 0 Å². The smallest absolute Gasteiger partial charge is 0.289 e. The summed E-state index contributed by atoms with van der Waals surface area (Å²) in [4.78, 5) is 28.4. The number of carbonyl (C=O) groups is 2. The topological polar surface area (TPSA) is 72.2 Å². The number of piperazine rings is 1. The highest BCUT2D eigenvalue weighted by Gasteiger charge is 2.25. The number of methoxy groups -OCH3 is 2. The lowest BCUT2D eigenvalue weighted by Gasteiger charge is -2.33. The summed E-state index contributed by atoms with van der Waals surface area (Å²) < 4.78 is 15.8. The Morgan fingerprint density at radius 1 is 1.04 bits per heavy atom. The number of ether oxygens (including phenoxy) is 2. The average Bonchev–Trinajstić information content (AvgIpc) is 3.27. The summed E-state index contributed by atoms with van der Waals surface area (Å²) in [7, 11) is 3.18. The molecule has 2 heterocycles. The van der Waals surface area contributed by atoms with Crippen molar-refractivity contribution in [3.8, 4) is 11.5 Å². The van der Waals surface area contributed by atoms with Gasteiger partial charge in [-0.25, -0.2) is 0 Å².